The van der Waals surface area contributed by atoms with E-state index in [1.165, 1.54) is 12.1 Å². The van der Waals surface area contributed by atoms with E-state index in [4.69, 9.17) is 27.9 Å². The van der Waals surface area contributed by atoms with Gasteiger partial charge in [-0.2, -0.15) is 0 Å². The van der Waals surface area contributed by atoms with Gasteiger partial charge >= 0.3 is 5.97 Å². The van der Waals surface area contributed by atoms with Crippen molar-refractivity contribution >= 4 is 56.7 Å². The van der Waals surface area contributed by atoms with Crippen molar-refractivity contribution in [1.29, 1.82) is 0 Å². The Morgan fingerprint density at radius 3 is 2.60 bits per heavy atom. The minimum Gasteiger partial charge on any atom is -0.492 e. The first-order valence-corrected chi connectivity index (χ1v) is 8.82. The monoisotopic (exact) mass is 445 g/mol. The van der Waals surface area contributed by atoms with E-state index < -0.39 is 5.97 Å². The molecule has 0 spiro atoms. The second kappa shape index (κ2) is 9.08. The molecule has 0 unspecified atom stereocenters. The van der Waals surface area contributed by atoms with Crippen LogP contribution in [-0.2, 0) is 4.79 Å². The van der Waals surface area contributed by atoms with Crippen molar-refractivity contribution in [2.45, 2.75) is 12.8 Å². The van der Waals surface area contributed by atoms with Crippen LogP contribution in [0.15, 0.2) is 40.9 Å². The number of carboxylic acid groups (broad SMARTS) is 1. The third kappa shape index (κ3) is 5.92. The van der Waals surface area contributed by atoms with Gasteiger partial charge in [0.25, 0.3) is 0 Å². The van der Waals surface area contributed by atoms with E-state index in [0.717, 1.165) is 0 Å². The van der Waals surface area contributed by atoms with E-state index in [2.05, 4.69) is 21.2 Å². The van der Waals surface area contributed by atoms with Gasteiger partial charge < -0.3 is 15.2 Å². The van der Waals surface area contributed by atoms with Gasteiger partial charge in [0.15, 0.2) is 0 Å². The SMILES string of the molecule is O=C(CCCOc1ccc(Cl)cc1Cl)Nc1ccc(Br)cc1C(=O)O. The zero-order valence-electron chi connectivity index (χ0n) is 12.9. The highest BCUT2D eigenvalue weighted by Gasteiger charge is 2.13. The van der Waals surface area contributed by atoms with Crippen molar-refractivity contribution in [1.82, 2.24) is 0 Å². The van der Waals surface area contributed by atoms with Crippen molar-refractivity contribution in [3.05, 3.63) is 56.5 Å². The van der Waals surface area contributed by atoms with Crippen molar-refractivity contribution in [3.63, 3.8) is 0 Å². The molecule has 0 aromatic heterocycles. The minimum absolute atomic E-state index is 0.0203. The molecule has 0 fully saturated rings. The van der Waals surface area contributed by atoms with Crippen LogP contribution in [0.25, 0.3) is 0 Å². The second-order valence-electron chi connectivity index (χ2n) is 5.07. The van der Waals surface area contributed by atoms with Gasteiger partial charge in [-0.15, -0.1) is 0 Å². The van der Waals surface area contributed by atoms with E-state index in [1.54, 1.807) is 24.3 Å². The summed E-state index contributed by atoms with van der Waals surface area (Å²) in [6.45, 7) is 0.293. The highest BCUT2D eigenvalue weighted by atomic mass is 79.9. The van der Waals surface area contributed by atoms with Gasteiger partial charge in [-0.25, -0.2) is 4.79 Å². The molecule has 2 aromatic rings. The lowest BCUT2D eigenvalue weighted by atomic mass is 10.1. The maximum atomic E-state index is 12.0. The van der Waals surface area contributed by atoms with Crippen LogP contribution in [0.4, 0.5) is 5.69 Å². The smallest absolute Gasteiger partial charge is 0.337 e. The number of ether oxygens (including phenoxy) is 1. The Hall–Kier alpha value is -1.76. The van der Waals surface area contributed by atoms with Gasteiger partial charge in [-0.05, 0) is 42.8 Å². The summed E-state index contributed by atoms with van der Waals surface area (Å²) in [5.41, 5.74) is 0.272. The third-order valence-electron chi connectivity index (χ3n) is 3.19. The predicted octanol–water partition coefficient (Wildman–Crippen LogP) is 5.25. The van der Waals surface area contributed by atoms with Gasteiger partial charge in [0.1, 0.15) is 5.75 Å². The number of hydrogen-bond acceptors (Lipinski definition) is 3. The van der Waals surface area contributed by atoms with Gasteiger partial charge in [0, 0.05) is 15.9 Å². The average molecular weight is 447 g/mol. The van der Waals surface area contributed by atoms with Crippen LogP contribution in [0.5, 0.6) is 5.75 Å². The molecule has 0 aliphatic heterocycles. The number of benzene rings is 2. The molecule has 8 heteroatoms. The Morgan fingerprint density at radius 1 is 1.16 bits per heavy atom. The normalized spacial score (nSPS) is 10.4. The fraction of sp³-hybridized carbons (Fsp3) is 0.176. The lowest BCUT2D eigenvalue weighted by molar-refractivity contribution is -0.116. The maximum Gasteiger partial charge on any atom is 0.337 e. The van der Waals surface area contributed by atoms with E-state index in [-0.39, 0.29) is 23.6 Å². The molecule has 0 atom stereocenters. The van der Waals surface area contributed by atoms with Crippen LogP contribution >= 0.6 is 39.1 Å². The second-order valence-corrected chi connectivity index (χ2v) is 6.83. The quantitative estimate of drug-likeness (QED) is 0.569. The van der Waals surface area contributed by atoms with Gasteiger partial charge in [-0.3, -0.25) is 4.79 Å². The first-order chi connectivity index (χ1) is 11.9. The first kappa shape index (κ1) is 19.6. The largest absolute Gasteiger partial charge is 0.492 e. The summed E-state index contributed by atoms with van der Waals surface area (Å²) in [7, 11) is 0. The molecule has 0 bridgehead atoms. The van der Waals surface area contributed by atoms with Gasteiger partial charge in [0.05, 0.1) is 22.9 Å². The number of halogens is 3. The molecule has 2 aromatic carbocycles. The zero-order chi connectivity index (χ0) is 18.4. The molecule has 2 N–H and O–H groups in total. The Labute approximate surface area is 163 Å². The molecular formula is C17H14BrCl2NO4. The third-order valence-corrected chi connectivity index (χ3v) is 4.21. The summed E-state index contributed by atoms with van der Waals surface area (Å²) in [4.78, 5) is 23.2. The molecule has 0 saturated carbocycles. The topological polar surface area (TPSA) is 75.6 Å². The summed E-state index contributed by atoms with van der Waals surface area (Å²) in [6, 6.07) is 9.53. The molecule has 0 radical (unpaired) electrons. The molecular weight excluding hydrogens is 433 g/mol. The van der Waals surface area contributed by atoms with Crippen molar-refractivity contribution in [2.75, 3.05) is 11.9 Å². The first-order valence-electron chi connectivity index (χ1n) is 7.27. The van der Waals surface area contributed by atoms with E-state index in [0.29, 0.717) is 33.3 Å². The van der Waals surface area contributed by atoms with Gasteiger partial charge in [0.2, 0.25) is 5.91 Å². The van der Waals surface area contributed by atoms with E-state index >= 15 is 0 Å². The zero-order valence-corrected chi connectivity index (χ0v) is 16.0. The summed E-state index contributed by atoms with van der Waals surface area (Å²) in [5.74, 6) is -0.916. The number of amides is 1. The number of anilines is 1. The van der Waals surface area contributed by atoms with Gasteiger partial charge in [-0.1, -0.05) is 39.1 Å². The molecule has 0 saturated heterocycles. The highest BCUT2D eigenvalue weighted by molar-refractivity contribution is 9.10. The molecule has 132 valence electrons. The van der Waals surface area contributed by atoms with Crippen LogP contribution < -0.4 is 10.1 Å². The molecule has 25 heavy (non-hydrogen) atoms. The lowest BCUT2D eigenvalue weighted by Gasteiger charge is -2.10. The number of aromatic carboxylic acids is 1. The fourth-order valence-electron chi connectivity index (χ4n) is 2.02. The van der Waals surface area contributed by atoms with Crippen molar-refractivity contribution < 1.29 is 19.4 Å². The molecule has 2 rings (SSSR count). The summed E-state index contributed by atoms with van der Waals surface area (Å²) >= 11 is 15.0. The number of carbonyl (C=O) groups is 2. The van der Waals surface area contributed by atoms with Crippen LogP contribution in [-0.4, -0.2) is 23.6 Å². The van der Waals surface area contributed by atoms with Crippen LogP contribution in [0.2, 0.25) is 10.0 Å². The lowest BCUT2D eigenvalue weighted by Crippen LogP contribution is -2.15. The molecule has 5 nitrogen and oxygen atoms in total. The van der Waals surface area contributed by atoms with E-state index in [1.807, 2.05) is 0 Å². The maximum absolute atomic E-state index is 12.0. The van der Waals surface area contributed by atoms with Crippen LogP contribution in [0.3, 0.4) is 0 Å². The average Bonchev–Trinajstić information content (AvgIpc) is 2.54. The molecule has 1 amide bonds. The van der Waals surface area contributed by atoms with E-state index in [9.17, 15) is 14.7 Å². The number of rotatable bonds is 7. The van der Waals surface area contributed by atoms with Crippen molar-refractivity contribution in [3.8, 4) is 5.75 Å². The molecule has 0 aliphatic carbocycles. The molecule has 0 heterocycles. The standard InChI is InChI=1S/C17H14BrCl2NO4/c18-10-3-5-14(12(8-10)17(23)24)21-16(22)2-1-7-25-15-6-4-11(19)9-13(15)20/h3-6,8-9H,1-2,7H2,(H,21,22)(H,23,24). The highest BCUT2D eigenvalue weighted by Crippen LogP contribution is 2.27. The Kier molecular flexibility index (Phi) is 7.11. The number of carboxylic acids is 1. The van der Waals surface area contributed by atoms with Crippen LogP contribution in [0, 0.1) is 0 Å². The minimum atomic E-state index is -1.11. The Balaban J connectivity index is 1.84. The van der Waals surface area contributed by atoms with Crippen LogP contribution in [0.1, 0.15) is 23.2 Å². The summed E-state index contributed by atoms with van der Waals surface area (Å²) < 4.78 is 6.12. The summed E-state index contributed by atoms with van der Waals surface area (Å²) in [6.07, 6.45) is 0.629. The predicted molar refractivity (Wildman–Crippen MR) is 101 cm³/mol. The number of carbonyl (C=O) groups excluding carboxylic acids is 1. The molecule has 0 aliphatic rings. The Bertz CT molecular complexity index is 798. The number of hydrogen-bond donors (Lipinski definition) is 2. The Morgan fingerprint density at radius 2 is 1.92 bits per heavy atom. The number of nitrogens with one attached hydrogen (secondary N) is 1. The van der Waals surface area contributed by atoms with Crippen molar-refractivity contribution in [2.24, 2.45) is 0 Å². The summed E-state index contributed by atoms with van der Waals surface area (Å²) in [5, 5.41) is 12.7. The fourth-order valence-corrected chi connectivity index (χ4v) is 2.85.